The zero-order valence-corrected chi connectivity index (χ0v) is 23.6. The highest BCUT2D eigenvalue weighted by atomic mass is 19.4. The molecular weight excluding hydrogens is 547 g/mol. The maximum atomic E-state index is 13.6. The number of carbonyl (C=O) groups excluding carboxylic acids is 1. The average Bonchev–Trinajstić information content (AvgIpc) is 3.32. The fourth-order valence-electron chi connectivity index (χ4n) is 5.88. The number of hydrogen-bond donors (Lipinski definition) is 3. The van der Waals surface area contributed by atoms with Gasteiger partial charge in [0.05, 0.1) is 43.8 Å². The summed E-state index contributed by atoms with van der Waals surface area (Å²) in [4.78, 5) is 14.0. The van der Waals surface area contributed by atoms with E-state index < -0.39 is 18.6 Å². The molecule has 1 amide bonds. The molecule has 2 aromatic carbocycles. The molecular formula is C31H36F3N5O3. The second-order valence-electron chi connectivity index (χ2n) is 10.7. The number of primary amides is 1. The summed E-state index contributed by atoms with van der Waals surface area (Å²) in [5.41, 5.74) is 7.81. The van der Waals surface area contributed by atoms with Crippen molar-refractivity contribution in [1.82, 2.24) is 9.47 Å². The molecule has 0 bridgehead atoms. The molecule has 4 N–H and O–H groups in total. The maximum Gasteiger partial charge on any atom is 0.406 e. The summed E-state index contributed by atoms with van der Waals surface area (Å²) in [5.74, 6) is 5.69. The van der Waals surface area contributed by atoms with Crippen molar-refractivity contribution in [2.45, 2.75) is 50.5 Å². The van der Waals surface area contributed by atoms with Crippen molar-refractivity contribution in [3.63, 3.8) is 0 Å². The number of ether oxygens (including phenoxy) is 2. The fourth-order valence-corrected chi connectivity index (χ4v) is 5.88. The predicted molar refractivity (Wildman–Crippen MR) is 157 cm³/mol. The van der Waals surface area contributed by atoms with Crippen molar-refractivity contribution in [2.75, 3.05) is 50.6 Å². The summed E-state index contributed by atoms with van der Waals surface area (Å²) in [7, 11) is 1.47. The number of benzene rings is 2. The SMILES string of the molecule is COc1cc(C(N)=O)ccc1NCC#Cc1cc2c(N[C@H]3CC[C@H](N4CCOCC4)CC3)cccc2n1CC(F)(F)F. The Labute approximate surface area is 243 Å². The van der Waals surface area contributed by atoms with Gasteiger partial charge in [0.25, 0.3) is 0 Å². The number of rotatable bonds is 8. The second-order valence-corrected chi connectivity index (χ2v) is 10.7. The van der Waals surface area contributed by atoms with Crippen LogP contribution in [0.3, 0.4) is 0 Å². The molecule has 11 heteroatoms. The van der Waals surface area contributed by atoms with E-state index in [1.165, 1.54) is 17.7 Å². The van der Waals surface area contributed by atoms with E-state index in [1.807, 2.05) is 6.07 Å². The highest BCUT2D eigenvalue weighted by Gasteiger charge is 2.31. The molecule has 1 saturated carbocycles. The van der Waals surface area contributed by atoms with Crippen molar-refractivity contribution in [1.29, 1.82) is 0 Å². The van der Waals surface area contributed by atoms with Crippen LogP contribution in [0.5, 0.6) is 5.75 Å². The molecule has 1 aromatic heterocycles. The molecule has 2 heterocycles. The third-order valence-electron chi connectivity index (χ3n) is 7.97. The van der Waals surface area contributed by atoms with Crippen molar-refractivity contribution in [3.05, 3.63) is 53.7 Å². The number of hydrogen-bond acceptors (Lipinski definition) is 6. The number of halogens is 3. The van der Waals surface area contributed by atoms with E-state index in [0.717, 1.165) is 63.1 Å². The van der Waals surface area contributed by atoms with E-state index in [0.29, 0.717) is 28.6 Å². The van der Waals surface area contributed by atoms with Gasteiger partial charge in [-0.15, -0.1) is 0 Å². The number of amides is 1. The zero-order chi connectivity index (χ0) is 29.7. The number of anilines is 2. The molecule has 42 heavy (non-hydrogen) atoms. The Kier molecular flexibility index (Phi) is 9.14. The number of fused-ring (bicyclic) bond motifs is 1. The molecule has 0 radical (unpaired) electrons. The number of alkyl halides is 3. The lowest BCUT2D eigenvalue weighted by Gasteiger charge is -2.39. The summed E-state index contributed by atoms with van der Waals surface area (Å²) in [5, 5.41) is 7.43. The number of aromatic nitrogens is 1. The van der Waals surface area contributed by atoms with Crippen molar-refractivity contribution in [3.8, 4) is 17.6 Å². The van der Waals surface area contributed by atoms with Crippen LogP contribution in [0.15, 0.2) is 42.5 Å². The van der Waals surface area contributed by atoms with Gasteiger partial charge in [0.15, 0.2) is 0 Å². The Morgan fingerprint density at radius 3 is 2.55 bits per heavy atom. The van der Waals surface area contributed by atoms with Crippen LogP contribution in [0, 0.1) is 11.8 Å². The third kappa shape index (κ3) is 7.12. The average molecular weight is 584 g/mol. The second kappa shape index (κ2) is 13.0. The Morgan fingerprint density at radius 2 is 1.86 bits per heavy atom. The monoisotopic (exact) mass is 583 g/mol. The molecule has 224 valence electrons. The first-order valence-electron chi connectivity index (χ1n) is 14.2. The Morgan fingerprint density at radius 1 is 1.10 bits per heavy atom. The van der Waals surface area contributed by atoms with Gasteiger partial charge in [0.1, 0.15) is 12.3 Å². The van der Waals surface area contributed by atoms with Crippen LogP contribution in [0.4, 0.5) is 24.5 Å². The van der Waals surface area contributed by atoms with E-state index in [4.69, 9.17) is 15.2 Å². The van der Waals surface area contributed by atoms with Crippen molar-refractivity contribution < 1.29 is 27.4 Å². The van der Waals surface area contributed by atoms with E-state index in [9.17, 15) is 18.0 Å². The Hall–Kier alpha value is -3.88. The maximum absolute atomic E-state index is 13.6. The number of nitrogens with one attached hydrogen (secondary N) is 2. The molecule has 8 nitrogen and oxygen atoms in total. The lowest BCUT2D eigenvalue weighted by atomic mass is 9.89. The van der Waals surface area contributed by atoms with Gasteiger partial charge in [-0.1, -0.05) is 12.0 Å². The van der Waals surface area contributed by atoms with Gasteiger partial charge in [0.2, 0.25) is 5.91 Å². The van der Waals surface area contributed by atoms with Crippen LogP contribution < -0.4 is 21.1 Å². The summed E-state index contributed by atoms with van der Waals surface area (Å²) in [6.07, 6.45) is -0.226. The first-order chi connectivity index (χ1) is 20.2. The van der Waals surface area contributed by atoms with Crippen molar-refractivity contribution in [2.24, 2.45) is 5.73 Å². The Balaban J connectivity index is 1.32. The van der Waals surface area contributed by atoms with E-state index in [2.05, 4.69) is 27.4 Å². The third-order valence-corrected chi connectivity index (χ3v) is 7.97. The molecule has 1 saturated heterocycles. The highest BCUT2D eigenvalue weighted by Crippen LogP contribution is 2.33. The van der Waals surface area contributed by atoms with Crippen LogP contribution >= 0.6 is 0 Å². The van der Waals surface area contributed by atoms with Gasteiger partial charge < -0.3 is 30.4 Å². The molecule has 5 rings (SSSR count). The van der Waals surface area contributed by atoms with Gasteiger partial charge in [0, 0.05) is 41.8 Å². The quantitative estimate of drug-likeness (QED) is 0.329. The molecule has 0 unspecified atom stereocenters. The number of carbonyl (C=O) groups is 1. The van der Waals surface area contributed by atoms with E-state index in [1.54, 1.807) is 30.3 Å². The summed E-state index contributed by atoms with van der Waals surface area (Å²) >= 11 is 0. The standard InChI is InChI=1S/C31H36F3N5O3/c1-41-29-18-21(30(35)40)7-12-27(29)36-13-3-4-24-19-25-26(5-2-6-28(25)39(24)20-31(32,33)34)37-22-8-10-23(11-9-22)38-14-16-42-17-15-38/h2,5-7,12,18-19,22-23,36-37H,8-11,13-17,20H2,1H3,(H2,35,40)/t22-,23-. The first kappa shape index (κ1) is 29.6. The van der Waals surface area contributed by atoms with Crippen LogP contribution in [0.1, 0.15) is 41.7 Å². The van der Waals surface area contributed by atoms with Crippen LogP contribution in [0.25, 0.3) is 10.9 Å². The molecule has 1 aliphatic carbocycles. The van der Waals surface area contributed by atoms with Crippen molar-refractivity contribution >= 4 is 28.2 Å². The minimum atomic E-state index is -4.41. The molecule has 2 fully saturated rings. The molecule has 2 aliphatic rings. The highest BCUT2D eigenvalue weighted by molar-refractivity contribution is 5.94. The van der Waals surface area contributed by atoms with Gasteiger partial charge in [-0.3, -0.25) is 9.69 Å². The van der Waals surface area contributed by atoms with Gasteiger partial charge in [-0.05, 0) is 68.0 Å². The van der Waals surface area contributed by atoms with Gasteiger partial charge in [-0.2, -0.15) is 13.2 Å². The number of morpholine rings is 1. The lowest BCUT2D eigenvalue weighted by Crippen LogP contribution is -2.46. The van der Waals surface area contributed by atoms with E-state index in [-0.39, 0.29) is 18.3 Å². The summed E-state index contributed by atoms with van der Waals surface area (Å²) in [6.45, 7) is 2.54. The smallest absolute Gasteiger partial charge is 0.406 e. The predicted octanol–water partition coefficient (Wildman–Crippen LogP) is 4.83. The minimum absolute atomic E-state index is 0.150. The van der Waals surface area contributed by atoms with Gasteiger partial charge >= 0.3 is 6.18 Å². The Bertz CT molecular complexity index is 1460. The topological polar surface area (TPSA) is 93.8 Å². The fraction of sp³-hybridized carbons (Fsp3) is 0.452. The number of nitrogens with two attached hydrogens (primary N) is 1. The molecule has 0 spiro atoms. The van der Waals surface area contributed by atoms with Crippen LogP contribution in [-0.2, 0) is 11.3 Å². The van der Waals surface area contributed by atoms with Crippen LogP contribution in [0.2, 0.25) is 0 Å². The van der Waals surface area contributed by atoms with Crippen LogP contribution in [-0.4, -0.2) is 73.6 Å². The van der Waals surface area contributed by atoms with E-state index >= 15 is 0 Å². The zero-order valence-electron chi connectivity index (χ0n) is 23.6. The lowest BCUT2D eigenvalue weighted by molar-refractivity contribution is -0.140. The minimum Gasteiger partial charge on any atom is -0.495 e. The molecule has 1 aliphatic heterocycles. The largest absolute Gasteiger partial charge is 0.495 e. The number of methoxy groups -OCH3 is 1. The first-order valence-corrected chi connectivity index (χ1v) is 14.2. The normalized spacial score (nSPS) is 19.6. The van der Waals surface area contributed by atoms with Gasteiger partial charge in [-0.25, -0.2) is 0 Å². The molecule has 3 aromatic rings. The molecule has 0 atom stereocenters. The summed E-state index contributed by atoms with van der Waals surface area (Å²) < 4.78 is 52.9. The summed E-state index contributed by atoms with van der Waals surface area (Å²) in [6, 6.07) is 12.7. The number of nitrogens with zero attached hydrogens (tertiary/aromatic N) is 2.